The van der Waals surface area contributed by atoms with Gasteiger partial charge in [-0.3, -0.25) is 9.88 Å². The first kappa shape index (κ1) is 30.1. The van der Waals surface area contributed by atoms with Crippen LogP contribution in [0.5, 0.6) is 5.88 Å². The summed E-state index contributed by atoms with van der Waals surface area (Å²) in [7, 11) is 0. The lowest BCUT2D eigenvalue weighted by Gasteiger charge is -2.32. The Hall–Kier alpha value is -4.55. The molecule has 2 aliphatic heterocycles. The van der Waals surface area contributed by atoms with E-state index < -0.39 is 17.7 Å². The molecule has 5 heterocycles. The number of fused-ring (bicyclic) bond motifs is 2. The minimum Gasteiger partial charge on any atom is -0.478 e. The number of nitrogens with zero attached hydrogens (tertiary/aromatic N) is 5. The third kappa shape index (κ3) is 6.27. The number of aromatic nitrogens is 4. The number of pyridine rings is 2. The number of ether oxygens (including phenoxy) is 2. The molecule has 2 fully saturated rings. The standard InChI is InChI=1S/C34H32F3N5O4/c35-34(36,37)24-5-6-26-23(8-12-38-29(26)17-24)20-46-32-3-1-2-27(40-32)21-9-13-41(14-10-21)19-31-39-28-7-4-22(33(43)44)16-30(28)42(31)18-25-11-15-45-25/h1-8,12,16-17,21,25H,9-11,13-15,18-20H2,(H,43,44)/t25-/m0/s1. The number of halogens is 3. The van der Waals surface area contributed by atoms with Gasteiger partial charge < -0.3 is 19.1 Å². The number of imidazole rings is 1. The van der Waals surface area contributed by atoms with Gasteiger partial charge in [0.25, 0.3) is 0 Å². The molecule has 9 nitrogen and oxygen atoms in total. The molecule has 0 saturated carbocycles. The molecule has 0 bridgehead atoms. The van der Waals surface area contributed by atoms with Crippen molar-refractivity contribution in [3.05, 3.63) is 95.1 Å². The van der Waals surface area contributed by atoms with Gasteiger partial charge in [0.15, 0.2) is 0 Å². The molecule has 0 radical (unpaired) electrons. The largest absolute Gasteiger partial charge is 0.478 e. The van der Waals surface area contributed by atoms with Crippen molar-refractivity contribution in [1.82, 2.24) is 24.4 Å². The number of carboxylic acids is 1. The third-order valence-corrected chi connectivity index (χ3v) is 8.91. The van der Waals surface area contributed by atoms with Gasteiger partial charge in [-0.15, -0.1) is 0 Å². The molecular weight excluding hydrogens is 599 g/mol. The predicted molar refractivity (Wildman–Crippen MR) is 164 cm³/mol. The Bertz CT molecular complexity index is 1900. The fourth-order valence-corrected chi connectivity index (χ4v) is 6.25. The number of hydrogen-bond acceptors (Lipinski definition) is 7. The molecule has 0 aliphatic carbocycles. The summed E-state index contributed by atoms with van der Waals surface area (Å²) in [6, 6.07) is 16.1. The highest BCUT2D eigenvalue weighted by Crippen LogP contribution is 2.33. The van der Waals surface area contributed by atoms with E-state index in [1.165, 1.54) is 12.3 Å². The van der Waals surface area contributed by atoms with Gasteiger partial charge in [-0.05, 0) is 74.8 Å². The lowest BCUT2D eigenvalue weighted by Crippen LogP contribution is -2.35. The highest BCUT2D eigenvalue weighted by atomic mass is 19.4. The zero-order chi connectivity index (χ0) is 31.8. The van der Waals surface area contributed by atoms with E-state index in [1.807, 2.05) is 12.1 Å². The van der Waals surface area contributed by atoms with E-state index in [4.69, 9.17) is 19.4 Å². The molecule has 46 heavy (non-hydrogen) atoms. The number of rotatable bonds is 9. The number of likely N-dealkylation sites (tertiary alicyclic amines) is 1. The van der Waals surface area contributed by atoms with Gasteiger partial charge >= 0.3 is 12.1 Å². The normalized spacial score (nSPS) is 17.8. The summed E-state index contributed by atoms with van der Waals surface area (Å²) >= 11 is 0. The maximum absolute atomic E-state index is 13.2. The fraction of sp³-hybridized carbons (Fsp3) is 0.353. The van der Waals surface area contributed by atoms with Crippen LogP contribution in [0, 0.1) is 0 Å². The van der Waals surface area contributed by atoms with E-state index in [-0.39, 0.29) is 29.7 Å². The summed E-state index contributed by atoms with van der Waals surface area (Å²) < 4.78 is 53.3. The number of hydrogen-bond donors (Lipinski definition) is 1. The van der Waals surface area contributed by atoms with E-state index >= 15 is 0 Å². The summed E-state index contributed by atoms with van der Waals surface area (Å²) in [5, 5.41) is 10.1. The highest BCUT2D eigenvalue weighted by Gasteiger charge is 2.31. The summed E-state index contributed by atoms with van der Waals surface area (Å²) in [5.41, 5.74) is 3.04. The SMILES string of the molecule is O=C(O)c1ccc2nc(CN3CCC(c4cccc(OCc5ccnc6cc(C(F)(F)F)ccc56)n4)CC3)n(C[C@@H]3CCO3)c2c1. The number of benzene rings is 2. The topological polar surface area (TPSA) is 103 Å². The third-order valence-electron chi connectivity index (χ3n) is 8.91. The second-order valence-corrected chi connectivity index (χ2v) is 11.9. The summed E-state index contributed by atoms with van der Waals surface area (Å²) in [6.45, 7) is 3.89. The number of alkyl halides is 3. The van der Waals surface area contributed by atoms with E-state index in [1.54, 1.807) is 30.3 Å². The van der Waals surface area contributed by atoms with E-state index in [0.29, 0.717) is 24.4 Å². The lowest BCUT2D eigenvalue weighted by atomic mass is 9.93. The molecule has 12 heteroatoms. The summed E-state index contributed by atoms with van der Waals surface area (Å²) in [5.74, 6) is 0.653. The van der Waals surface area contributed by atoms with Crippen molar-refractivity contribution in [2.24, 2.45) is 0 Å². The molecule has 2 aromatic carbocycles. The van der Waals surface area contributed by atoms with Crippen molar-refractivity contribution in [3.8, 4) is 5.88 Å². The molecule has 5 aromatic rings. The Kier molecular flexibility index (Phi) is 8.07. The number of piperidine rings is 1. The Morgan fingerprint density at radius 3 is 2.57 bits per heavy atom. The Balaban J connectivity index is 1.00. The number of carboxylic acid groups (broad SMARTS) is 1. The van der Waals surface area contributed by atoms with Crippen LogP contribution in [0.25, 0.3) is 21.9 Å². The molecule has 2 saturated heterocycles. The average Bonchev–Trinajstić information content (AvgIpc) is 3.37. The van der Waals surface area contributed by atoms with Crippen LogP contribution in [0.3, 0.4) is 0 Å². The van der Waals surface area contributed by atoms with Crippen molar-refractivity contribution in [2.75, 3.05) is 19.7 Å². The van der Waals surface area contributed by atoms with Gasteiger partial charge in [-0.2, -0.15) is 13.2 Å². The molecule has 2 aliphatic rings. The fourth-order valence-electron chi connectivity index (χ4n) is 6.25. The minimum atomic E-state index is -4.43. The first-order valence-electron chi connectivity index (χ1n) is 15.3. The predicted octanol–water partition coefficient (Wildman–Crippen LogP) is 6.44. The monoisotopic (exact) mass is 631 g/mol. The zero-order valence-electron chi connectivity index (χ0n) is 24.9. The number of aromatic carboxylic acids is 1. The summed E-state index contributed by atoms with van der Waals surface area (Å²) in [6.07, 6.45) is -0.0539. The molecule has 0 unspecified atom stereocenters. The molecule has 7 rings (SSSR count). The van der Waals surface area contributed by atoms with Gasteiger partial charge in [-0.1, -0.05) is 12.1 Å². The highest BCUT2D eigenvalue weighted by molar-refractivity contribution is 5.92. The minimum absolute atomic E-state index is 0.107. The summed E-state index contributed by atoms with van der Waals surface area (Å²) in [4.78, 5) is 27.8. The Labute approximate surface area is 262 Å². The van der Waals surface area contributed by atoms with Crippen molar-refractivity contribution < 1.29 is 32.5 Å². The van der Waals surface area contributed by atoms with Crippen molar-refractivity contribution in [1.29, 1.82) is 0 Å². The van der Waals surface area contributed by atoms with Crippen LogP contribution in [0.15, 0.2) is 66.9 Å². The van der Waals surface area contributed by atoms with Crippen LogP contribution in [-0.4, -0.2) is 61.3 Å². The van der Waals surface area contributed by atoms with Crippen molar-refractivity contribution >= 4 is 27.9 Å². The van der Waals surface area contributed by atoms with E-state index in [9.17, 15) is 23.1 Å². The van der Waals surface area contributed by atoms with Crippen LogP contribution in [0.2, 0.25) is 0 Å². The van der Waals surface area contributed by atoms with Crippen LogP contribution in [0.4, 0.5) is 13.2 Å². The average molecular weight is 632 g/mol. The second kappa shape index (κ2) is 12.3. The Morgan fingerprint density at radius 1 is 1.00 bits per heavy atom. The van der Waals surface area contributed by atoms with Gasteiger partial charge in [0.05, 0.1) is 46.9 Å². The van der Waals surface area contributed by atoms with Crippen LogP contribution < -0.4 is 4.74 Å². The maximum Gasteiger partial charge on any atom is 0.416 e. The molecule has 1 atom stereocenters. The maximum atomic E-state index is 13.2. The molecule has 238 valence electrons. The lowest BCUT2D eigenvalue weighted by molar-refractivity contribution is -0.137. The Morgan fingerprint density at radius 2 is 1.83 bits per heavy atom. The van der Waals surface area contributed by atoms with Crippen LogP contribution in [0.1, 0.15) is 58.2 Å². The second-order valence-electron chi connectivity index (χ2n) is 11.9. The first-order chi connectivity index (χ1) is 22.2. The molecule has 3 aromatic heterocycles. The molecular formula is C34H32F3N5O4. The van der Waals surface area contributed by atoms with Gasteiger partial charge in [0, 0.05) is 41.4 Å². The quantitative estimate of drug-likeness (QED) is 0.198. The molecule has 1 N–H and O–H groups in total. The molecule has 0 spiro atoms. The van der Waals surface area contributed by atoms with E-state index in [0.717, 1.165) is 79.2 Å². The smallest absolute Gasteiger partial charge is 0.416 e. The van der Waals surface area contributed by atoms with Crippen molar-refractivity contribution in [3.63, 3.8) is 0 Å². The zero-order valence-corrected chi connectivity index (χ0v) is 24.9. The van der Waals surface area contributed by atoms with Crippen molar-refractivity contribution in [2.45, 2.75) is 57.2 Å². The molecule has 0 amide bonds. The van der Waals surface area contributed by atoms with Crippen LogP contribution in [-0.2, 0) is 30.6 Å². The van der Waals surface area contributed by atoms with Gasteiger partial charge in [-0.25, -0.2) is 14.8 Å². The van der Waals surface area contributed by atoms with Gasteiger partial charge in [0.2, 0.25) is 5.88 Å². The van der Waals surface area contributed by atoms with Gasteiger partial charge in [0.1, 0.15) is 12.4 Å². The first-order valence-corrected chi connectivity index (χ1v) is 15.3. The number of carbonyl (C=O) groups is 1. The van der Waals surface area contributed by atoms with Crippen LogP contribution >= 0.6 is 0 Å². The van der Waals surface area contributed by atoms with E-state index in [2.05, 4.69) is 14.5 Å².